The van der Waals surface area contributed by atoms with E-state index in [0.29, 0.717) is 34.8 Å². The first-order valence-corrected chi connectivity index (χ1v) is 9.33. The molecule has 0 aliphatic heterocycles. The summed E-state index contributed by atoms with van der Waals surface area (Å²) in [5.41, 5.74) is 3.44. The molecular weight excluding hydrogens is 360 g/mol. The average Bonchev–Trinajstić information content (AvgIpc) is 3.53. The Bertz CT molecular complexity index is 949. The number of hydrogen-bond acceptors (Lipinski definition) is 3. The topological polar surface area (TPSA) is 35.5 Å². The fraction of sp³-hybridized carbons (Fsp3) is 0.174. The molecule has 0 unspecified atom stereocenters. The number of carbonyl (C=O) groups excluding carboxylic acids is 1. The fourth-order valence-electron chi connectivity index (χ4n) is 2.83. The van der Waals surface area contributed by atoms with Crippen LogP contribution in [0.1, 0.15) is 28.8 Å². The van der Waals surface area contributed by atoms with Crippen LogP contribution in [-0.4, -0.2) is 12.4 Å². The lowest BCUT2D eigenvalue weighted by molar-refractivity contribution is 0.112. The van der Waals surface area contributed by atoms with Gasteiger partial charge in [0.1, 0.15) is 24.4 Å². The van der Waals surface area contributed by atoms with E-state index in [2.05, 4.69) is 0 Å². The second-order valence-corrected chi connectivity index (χ2v) is 7.02. The molecule has 1 aliphatic rings. The van der Waals surface area contributed by atoms with Gasteiger partial charge in [-0.15, -0.1) is 0 Å². The number of rotatable bonds is 7. The summed E-state index contributed by atoms with van der Waals surface area (Å²) in [4.78, 5) is 11.2. The third kappa shape index (κ3) is 4.32. The number of benzene rings is 3. The van der Waals surface area contributed by atoms with Gasteiger partial charge in [-0.25, -0.2) is 0 Å². The fourth-order valence-corrected chi connectivity index (χ4v) is 3.06. The minimum atomic E-state index is 0.296. The summed E-state index contributed by atoms with van der Waals surface area (Å²) in [6.45, 7) is 0.423. The lowest BCUT2D eigenvalue weighted by atomic mass is 10.0. The van der Waals surface area contributed by atoms with Crippen LogP contribution in [0.25, 0.3) is 11.1 Å². The van der Waals surface area contributed by atoms with Crippen LogP contribution in [0.5, 0.6) is 11.5 Å². The standard InChI is InChI=1S/C23H19ClO3/c24-21-13-18(7-11-22(21)27-19-8-9-19)20-10-6-17(14-25)12-23(20)26-15-16-4-2-1-3-5-16/h1-7,10-14,19H,8-9,15H2. The number of halogens is 1. The maximum atomic E-state index is 11.2. The van der Waals surface area contributed by atoms with E-state index in [1.807, 2.05) is 54.6 Å². The molecule has 3 nitrogen and oxygen atoms in total. The Kier molecular flexibility index (Phi) is 5.12. The van der Waals surface area contributed by atoms with Crippen LogP contribution in [0.3, 0.4) is 0 Å². The maximum Gasteiger partial charge on any atom is 0.150 e. The first kappa shape index (κ1) is 17.6. The quantitative estimate of drug-likeness (QED) is 0.477. The van der Waals surface area contributed by atoms with Crippen LogP contribution < -0.4 is 9.47 Å². The second kappa shape index (κ2) is 7.85. The second-order valence-electron chi connectivity index (χ2n) is 6.61. The lowest BCUT2D eigenvalue weighted by Crippen LogP contribution is -1.99. The summed E-state index contributed by atoms with van der Waals surface area (Å²) in [6, 6.07) is 21.1. The summed E-state index contributed by atoms with van der Waals surface area (Å²) in [5.74, 6) is 1.36. The predicted octanol–water partition coefficient (Wildman–Crippen LogP) is 5.94. The van der Waals surface area contributed by atoms with Crippen molar-refractivity contribution in [2.75, 3.05) is 0 Å². The maximum absolute atomic E-state index is 11.2. The molecule has 1 fully saturated rings. The van der Waals surface area contributed by atoms with Crippen LogP contribution in [-0.2, 0) is 6.61 Å². The van der Waals surface area contributed by atoms with Crippen LogP contribution >= 0.6 is 11.6 Å². The van der Waals surface area contributed by atoms with Crippen LogP contribution in [0, 0.1) is 0 Å². The van der Waals surface area contributed by atoms with E-state index in [1.54, 1.807) is 12.1 Å². The zero-order valence-electron chi connectivity index (χ0n) is 14.7. The largest absolute Gasteiger partial charge is 0.489 e. The normalized spacial score (nSPS) is 13.2. The van der Waals surface area contributed by atoms with Crippen LogP contribution in [0.4, 0.5) is 0 Å². The van der Waals surface area contributed by atoms with Crippen molar-refractivity contribution in [2.45, 2.75) is 25.6 Å². The highest BCUT2D eigenvalue weighted by Gasteiger charge is 2.24. The van der Waals surface area contributed by atoms with Crippen molar-refractivity contribution in [3.8, 4) is 22.6 Å². The van der Waals surface area contributed by atoms with Gasteiger partial charge in [0.2, 0.25) is 0 Å². The van der Waals surface area contributed by atoms with E-state index >= 15 is 0 Å². The van der Waals surface area contributed by atoms with E-state index in [-0.39, 0.29) is 0 Å². The van der Waals surface area contributed by atoms with E-state index in [9.17, 15) is 4.79 Å². The molecule has 0 atom stereocenters. The first-order chi connectivity index (χ1) is 13.2. The van der Waals surface area contributed by atoms with Gasteiger partial charge in [0.15, 0.2) is 0 Å². The van der Waals surface area contributed by atoms with Crippen molar-refractivity contribution in [3.63, 3.8) is 0 Å². The van der Waals surface area contributed by atoms with Crippen molar-refractivity contribution >= 4 is 17.9 Å². The van der Waals surface area contributed by atoms with E-state index in [4.69, 9.17) is 21.1 Å². The van der Waals surface area contributed by atoms with Gasteiger partial charge in [0, 0.05) is 11.1 Å². The van der Waals surface area contributed by atoms with E-state index in [0.717, 1.165) is 35.8 Å². The smallest absolute Gasteiger partial charge is 0.150 e. The Morgan fingerprint density at radius 3 is 2.48 bits per heavy atom. The van der Waals surface area contributed by atoms with Crippen molar-refractivity contribution in [2.24, 2.45) is 0 Å². The number of hydrogen-bond donors (Lipinski definition) is 0. The molecule has 4 rings (SSSR count). The zero-order chi connectivity index (χ0) is 18.6. The molecule has 0 N–H and O–H groups in total. The molecule has 136 valence electrons. The van der Waals surface area contributed by atoms with Gasteiger partial charge in [-0.2, -0.15) is 0 Å². The molecule has 0 aromatic heterocycles. The van der Waals surface area contributed by atoms with Crippen LogP contribution in [0.15, 0.2) is 66.7 Å². The van der Waals surface area contributed by atoms with Gasteiger partial charge in [-0.1, -0.05) is 54.1 Å². The number of ether oxygens (including phenoxy) is 2. The summed E-state index contributed by atoms with van der Waals surface area (Å²) < 4.78 is 11.8. The van der Waals surface area contributed by atoms with Crippen molar-refractivity contribution in [1.82, 2.24) is 0 Å². The van der Waals surface area contributed by atoms with Crippen molar-refractivity contribution < 1.29 is 14.3 Å². The van der Waals surface area contributed by atoms with Gasteiger partial charge in [0.05, 0.1) is 11.1 Å². The Hall–Kier alpha value is -2.78. The van der Waals surface area contributed by atoms with E-state index < -0.39 is 0 Å². The minimum absolute atomic E-state index is 0.296. The highest BCUT2D eigenvalue weighted by molar-refractivity contribution is 6.32. The summed E-state index contributed by atoms with van der Waals surface area (Å²) in [5, 5.41) is 0.577. The first-order valence-electron chi connectivity index (χ1n) is 8.95. The number of aldehydes is 1. The van der Waals surface area contributed by atoms with Gasteiger partial charge in [-0.3, -0.25) is 4.79 Å². The zero-order valence-corrected chi connectivity index (χ0v) is 15.5. The van der Waals surface area contributed by atoms with Gasteiger partial charge in [0.25, 0.3) is 0 Å². The van der Waals surface area contributed by atoms with E-state index in [1.165, 1.54) is 0 Å². The Balaban J connectivity index is 1.62. The molecule has 0 bridgehead atoms. The molecule has 1 aliphatic carbocycles. The Labute approximate surface area is 163 Å². The minimum Gasteiger partial charge on any atom is -0.489 e. The molecule has 0 amide bonds. The summed E-state index contributed by atoms with van der Waals surface area (Å²) in [7, 11) is 0. The highest BCUT2D eigenvalue weighted by Crippen LogP contribution is 2.37. The van der Waals surface area contributed by atoms with Crippen molar-refractivity contribution in [3.05, 3.63) is 82.9 Å². The summed E-state index contributed by atoms with van der Waals surface area (Å²) in [6.07, 6.45) is 3.29. The SMILES string of the molecule is O=Cc1ccc(-c2ccc(OC3CC3)c(Cl)c2)c(OCc2ccccc2)c1. The monoisotopic (exact) mass is 378 g/mol. The molecular formula is C23H19ClO3. The summed E-state index contributed by atoms with van der Waals surface area (Å²) >= 11 is 6.41. The molecule has 3 aromatic rings. The van der Waals surface area contributed by atoms with Gasteiger partial charge < -0.3 is 9.47 Å². The number of carbonyl (C=O) groups is 1. The van der Waals surface area contributed by atoms with Gasteiger partial charge >= 0.3 is 0 Å². The molecule has 0 spiro atoms. The van der Waals surface area contributed by atoms with Crippen molar-refractivity contribution in [1.29, 1.82) is 0 Å². The molecule has 0 heterocycles. The third-order valence-electron chi connectivity index (χ3n) is 4.44. The van der Waals surface area contributed by atoms with Crippen LogP contribution in [0.2, 0.25) is 5.02 Å². The molecule has 0 radical (unpaired) electrons. The molecule has 4 heteroatoms. The molecule has 27 heavy (non-hydrogen) atoms. The highest BCUT2D eigenvalue weighted by atomic mass is 35.5. The Morgan fingerprint density at radius 2 is 1.78 bits per heavy atom. The van der Waals surface area contributed by atoms with Gasteiger partial charge in [-0.05, 0) is 48.2 Å². The molecule has 1 saturated carbocycles. The third-order valence-corrected chi connectivity index (χ3v) is 4.74. The predicted molar refractivity (Wildman–Crippen MR) is 107 cm³/mol. The Morgan fingerprint density at radius 1 is 0.963 bits per heavy atom. The average molecular weight is 379 g/mol. The molecule has 0 saturated heterocycles. The lowest BCUT2D eigenvalue weighted by Gasteiger charge is -2.14. The molecule has 3 aromatic carbocycles.